The molecule has 1 aliphatic heterocycles. The largest absolute Gasteiger partial charge is 0.492 e. The summed E-state index contributed by atoms with van der Waals surface area (Å²) in [5.41, 5.74) is 8.80. The molecule has 5 rings (SSSR count). The fourth-order valence-electron chi connectivity index (χ4n) is 5.24. The van der Waals surface area contributed by atoms with Gasteiger partial charge in [0.25, 0.3) is 11.8 Å². The Kier molecular flexibility index (Phi) is 7.34. The summed E-state index contributed by atoms with van der Waals surface area (Å²) in [6.45, 7) is 1.75. The van der Waals surface area contributed by atoms with Gasteiger partial charge in [-0.15, -0.1) is 0 Å². The SMILES string of the molecule is Cc1cc(F)c(C(N)=O)c(-c2cc3c(c(C(=O)NC(CO)Cc4c[nH]c5cccc(F)c45)c2)OCCCC3)c1. The first kappa shape index (κ1) is 26.4. The lowest BCUT2D eigenvalue weighted by Gasteiger charge is -2.20. The second-order valence-corrected chi connectivity index (χ2v) is 9.88. The number of carbonyl (C=O) groups excluding carboxylic acids is 2. The van der Waals surface area contributed by atoms with Crippen LogP contribution < -0.4 is 15.8 Å². The Morgan fingerprint density at radius 1 is 1.15 bits per heavy atom. The van der Waals surface area contributed by atoms with E-state index in [0.29, 0.717) is 46.4 Å². The molecule has 1 aromatic heterocycles. The number of nitrogens with two attached hydrogens (primary N) is 1. The van der Waals surface area contributed by atoms with Gasteiger partial charge in [0, 0.05) is 17.1 Å². The Hall–Kier alpha value is -4.24. The Morgan fingerprint density at radius 3 is 2.74 bits per heavy atom. The molecule has 202 valence electrons. The number of hydrogen-bond acceptors (Lipinski definition) is 4. The number of primary amides is 1. The summed E-state index contributed by atoms with van der Waals surface area (Å²) in [5.74, 6) is -2.14. The summed E-state index contributed by atoms with van der Waals surface area (Å²) in [6, 6.07) is 10.2. The molecule has 0 fully saturated rings. The Labute approximate surface area is 224 Å². The lowest BCUT2D eigenvalue weighted by atomic mass is 9.91. The van der Waals surface area contributed by atoms with E-state index in [-0.39, 0.29) is 29.7 Å². The molecular weight excluding hydrogens is 504 g/mol. The topological polar surface area (TPSA) is 117 Å². The zero-order chi connectivity index (χ0) is 27.7. The second-order valence-electron chi connectivity index (χ2n) is 9.88. The van der Waals surface area contributed by atoms with Gasteiger partial charge in [0.15, 0.2) is 0 Å². The van der Waals surface area contributed by atoms with Crippen LogP contribution in [0.3, 0.4) is 0 Å². The molecule has 0 bridgehead atoms. The van der Waals surface area contributed by atoms with Crippen molar-refractivity contribution in [1.29, 1.82) is 0 Å². The number of aromatic nitrogens is 1. The first-order chi connectivity index (χ1) is 18.8. The number of aliphatic hydroxyl groups is 1. The van der Waals surface area contributed by atoms with Gasteiger partial charge in [-0.1, -0.05) is 12.1 Å². The molecule has 2 heterocycles. The van der Waals surface area contributed by atoms with Crippen molar-refractivity contribution in [1.82, 2.24) is 10.3 Å². The zero-order valence-electron chi connectivity index (χ0n) is 21.4. The van der Waals surface area contributed by atoms with Crippen LogP contribution in [0.1, 0.15) is 50.2 Å². The van der Waals surface area contributed by atoms with Gasteiger partial charge >= 0.3 is 0 Å². The molecule has 0 saturated heterocycles. The van der Waals surface area contributed by atoms with Crippen LogP contribution in [0.4, 0.5) is 8.78 Å². The van der Waals surface area contributed by atoms with Crippen molar-refractivity contribution in [2.24, 2.45) is 5.73 Å². The highest BCUT2D eigenvalue weighted by Crippen LogP contribution is 2.36. The highest BCUT2D eigenvalue weighted by Gasteiger charge is 2.25. The summed E-state index contributed by atoms with van der Waals surface area (Å²) in [6.07, 6.45) is 4.09. The van der Waals surface area contributed by atoms with Crippen LogP contribution in [-0.2, 0) is 12.8 Å². The molecule has 9 heteroatoms. The van der Waals surface area contributed by atoms with Crippen molar-refractivity contribution in [3.8, 4) is 16.9 Å². The maximum Gasteiger partial charge on any atom is 0.255 e. The molecule has 39 heavy (non-hydrogen) atoms. The number of amides is 2. The number of aryl methyl sites for hydroxylation is 2. The molecule has 1 unspecified atom stereocenters. The molecule has 5 N–H and O–H groups in total. The third-order valence-corrected chi connectivity index (χ3v) is 7.05. The van der Waals surface area contributed by atoms with Crippen molar-refractivity contribution < 1.29 is 28.2 Å². The molecule has 1 atom stereocenters. The predicted molar refractivity (Wildman–Crippen MR) is 144 cm³/mol. The fraction of sp³-hybridized carbons (Fsp3) is 0.267. The lowest BCUT2D eigenvalue weighted by molar-refractivity contribution is 0.0912. The molecule has 0 aliphatic carbocycles. The van der Waals surface area contributed by atoms with E-state index in [1.54, 1.807) is 43.5 Å². The summed E-state index contributed by atoms with van der Waals surface area (Å²) in [5, 5.41) is 13.3. The smallest absolute Gasteiger partial charge is 0.255 e. The van der Waals surface area contributed by atoms with E-state index in [1.165, 1.54) is 12.1 Å². The number of halogens is 2. The summed E-state index contributed by atoms with van der Waals surface area (Å²) < 4.78 is 35.2. The molecule has 0 saturated carbocycles. The van der Waals surface area contributed by atoms with Crippen LogP contribution in [0.5, 0.6) is 5.75 Å². The molecule has 2 amide bonds. The van der Waals surface area contributed by atoms with Crippen molar-refractivity contribution in [2.75, 3.05) is 13.2 Å². The first-order valence-electron chi connectivity index (χ1n) is 12.8. The molecule has 3 aromatic carbocycles. The lowest BCUT2D eigenvalue weighted by Crippen LogP contribution is -2.39. The first-order valence-corrected chi connectivity index (χ1v) is 12.8. The monoisotopic (exact) mass is 533 g/mol. The van der Waals surface area contributed by atoms with E-state index in [9.17, 15) is 23.5 Å². The van der Waals surface area contributed by atoms with Crippen LogP contribution in [0.25, 0.3) is 22.0 Å². The predicted octanol–water partition coefficient (Wildman–Crippen LogP) is 4.57. The van der Waals surface area contributed by atoms with E-state index >= 15 is 0 Å². The highest BCUT2D eigenvalue weighted by atomic mass is 19.1. The zero-order valence-corrected chi connectivity index (χ0v) is 21.4. The Bertz CT molecular complexity index is 1580. The van der Waals surface area contributed by atoms with Crippen molar-refractivity contribution >= 4 is 22.7 Å². The number of rotatable bonds is 7. The van der Waals surface area contributed by atoms with Crippen LogP contribution >= 0.6 is 0 Å². The van der Waals surface area contributed by atoms with Crippen molar-refractivity contribution in [3.05, 3.63) is 88.1 Å². The van der Waals surface area contributed by atoms with Gasteiger partial charge < -0.3 is 25.9 Å². The Balaban J connectivity index is 1.53. The van der Waals surface area contributed by atoms with E-state index in [2.05, 4.69) is 10.3 Å². The number of aliphatic hydroxyl groups excluding tert-OH is 1. The van der Waals surface area contributed by atoms with Crippen LogP contribution in [-0.4, -0.2) is 41.2 Å². The number of nitrogens with one attached hydrogen (secondary N) is 2. The number of ether oxygens (including phenoxy) is 1. The number of H-pyrrole nitrogens is 1. The van der Waals surface area contributed by atoms with Gasteiger partial charge in [0.2, 0.25) is 0 Å². The summed E-state index contributed by atoms with van der Waals surface area (Å²) in [7, 11) is 0. The quantitative estimate of drug-likeness (QED) is 0.278. The number of hydrogen-bond donors (Lipinski definition) is 4. The minimum absolute atomic E-state index is 0.181. The summed E-state index contributed by atoms with van der Waals surface area (Å²) >= 11 is 0. The number of carbonyl (C=O) groups is 2. The third-order valence-electron chi connectivity index (χ3n) is 7.05. The van der Waals surface area contributed by atoms with Gasteiger partial charge in [-0.05, 0) is 90.8 Å². The average Bonchev–Trinajstić information content (AvgIpc) is 3.16. The fourth-order valence-corrected chi connectivity index (χ4v) is 5.24. The third kappa shape index (κ3) is 5.22. The Morgan fingerprint density at radius 2 is 1.97 bits per heavy atom. The van der Waals surface area contributed by atoms with Crippen LogP contribution in [0, 0.1) is 18.6 Å². The minimum Gasteiger partial charge on any atom is -0.492 e. The molecule has 0 spiro atoms. The normalized spacial score (nSPS) is 13.8. The van der Waals surface area contributed by atoms with E-state index in [1.807, 2.05) is 0 Å². The maximum atomic E-state index is 14.8. The summed E-state index contributed by atoms with van der Waals surface area (Å²) in [4.78, 5) is 28.8. The molecule has 7 nitrogen and oxygen atoms in total. The van der Waals surface area contributed by atoms with Crippen LogP contribution in [0.2, 0.25) is 0 Å². The average molecular weight is 534 g/mol. The molecule has 0 radical (unpaired) electrons. The number of benzene rings is 3. The minimum atomic E-state index is -0.911. The molecular formula is C30H29F2N3O4. The van der Waals surface area contributed by atoms with Gasteiger partial charge in [-0.25, -0.2) is 8.78 Å². The van der Waals surface area contributed by atoms with Gasteiger partial charge in [0.05, 0.1) is 30.4 Å². The van der Waals surface area contributed by atoms with Crippen LogP contribution in [0.15, 0.2) is 48.7 Å². The molecule has 4 aromatic rings. The van der Waals surface area contributed by atoms with Crippen molar-refractivity contribution in [3.63, 3.8) is 0 Å². The standard InChI is InChI=1S/C30H29F2N3O4/c1-16-9-21(27(29(33)37)24(32)10-16)18-11-17-5-2-3-8-39-28(17)22(13-18)30(38)35-20(15-36)12-19-14-34-25-7-4-6-23(31)26(19)25/h4,6-7,9-11,13-14,20,34,36H,2-3,5,8,12,15H2,1H3,(H2,33,37)(H,35,38). The van der Waals surface area contributed by atoms with E-state index < -0.39 is 29.5 Å². The molecule has 1 aliphatic rings. The van der Waals surface area contributed by atoms with Gasteiger partial charge in [0.1, 0.15) is 17.4 Å². The van der Waals surface area contributed by atoms with Gasteiger partial charge in [-0.3, -0.25) is 9.59 Å². The highest BCUT2D eigenvalue weighted by molar-refractivity contribution is 6.03. The van der Waals surface area contributed by atoms with E-state index in [0.717, 1.165) is 18.4 Å². The number of fused-ring (bicyclic) bond motifs is 2. The van der Waals surface area contributed by atoms with Crippen molar-refractivity contribution in [2.45, 2.75) is 38.6 Å². The van der Waals surface area contributed by atoms with Gasteiger partial charge in [-0.2, -0.15) is 0 Å². The maximum absolute atomic E-state index is 14.8. The second kappa shape index (κ2) is 10.9. The number of aromatic amines is 1. The van der Waals surface area contributed by atoms with E-state index in [4.69, 9.17) is 10.5 Å².